The average molecular weight is 233 g/mol. The smallest absolute Gasteiger partial charge is 0.497 e. The van der Waals surface area contributed by atoms with Gasteiger partial charge in [0.25, 0.3) is 0 Å². The maximum absolute atomic E-state index is 11.9. The molecule has 0 aromatic heterocycles. The van der Waals surface area contributed by atoms with Crippen LogP contribution in [0.4, 0.5) is 18.9 Å². The number of nitrogens with zero attached hydrogens (tertiary/aromatic N) is 1. The number of halogens is 3. The second kappa shape index (κ2) is 4.67. The number of hydrogen-bond donors (Lipinski definition) is 0. The molecule has 7 heteroatoms. The molecule has 0 radical (unpaired) electrons. The van der Waals surface area contributed by atoms with E-state index in [1.54, 1.807) is 0 Å². The van der Waals surface area contributed by atoms with Crippen LogP contribution in [0.5, 0.6) is 11.5 Å². The molecule has 0 amide bonds. The Morgan fingerprint density at radius 3 is 2.38 bits per heavy atom. The van der Waals surface area contributed by atoms with E-state index >= 15 is 0 Å². The highest BCUT2D eigenvalue weighted by Crippen LogP contribution is 2.31. The van der Waals surface area contributed by atoms with Crippen LogP contribution in [0.2, 0.25) is 0 Å². The summed E-state index contributed by atoms with van der Waals surface area (Å²) < 4.78 is 44.2. The van der Waals surface area contributed by atoms with E-state index in [9.17, 15) is 18.0 Å². The molecule has 0 saturated carbocycles. The number of methoxy groups -OCH3 is 1. The molecule has 86 valence electrons. The molecule has 0 atom stereocenters. The van der Waals surface area contributed by atoms with Crippen molar-refractivity contribution in [3.63, 3.8) is 0 Å². The zero-order chi connectivity index (χ0) is 12.2. The van der Waals surface area contributed by atoms with Crippen LogP contribution in [-0.2, 0) is 4.79 Å². The van der Waals surface area contributed by atoms with E-state index in [1.807, 2.05) is 0 Å². The Balaban J connectivity index is 3.09. The van der Waals surface area contributed by atoms with Crippen LogP contribution in [0.25, 0.3) is 0 Å². The zero-order valence-corrected chi connectivity index (χ0v) is 8.04. The first kappa shape index (κ1) is 12.1. The van der Waals surface area contributed by atoms with Crippen molar-refractivity contribution < 1.29 is 27.4 Å². The standard InChI is InChI=1S/C9H6F3NO3/c1-15-7-2-6(13-5-14)3-8(4-7)16-9(10,11)12/h2-4H,1H3. The molecule has 0 aliphatic heterocycles. The van der Waals surface area contributed by atoms with Crippen LogP contribution < -0.4 is 9.47 Å². The van der Waals surface area contributed by atoms with E-state index in [4.69, 9.17) is 4.74 Å². The highest BCUT2D eigenvalue weighted by atomic mass is 19.4. The molecule has 0 aliphatic rings. The first-order chi connectivity index (χ1) is 7.44. The summed E-state index contributed by atoms with van der Waals surface area (Å²) in [5.41, 5.74) is -0.0337. The number of benzene rings is 1. The lowest BCUT2D eigenvalue weighted by Crippen LogP contribution is -2.17. The maximum Gasteiger partial charge on any atom is 0.573 e. The third kappa shape index (κ3) is 3.62. The number of isocyanates is 1. The van der Waals surface area contributed by atoms with Gasteiger partial charge in [-0.25, -0.2) is 4.79 Å². The van der Waals surface area contributed by atoms with Gasteiger partial charge in [0.05, 0.1) is 12.8 Å². The monoisotopic (exact) mass is 233 g/mol. The molecule has 16 heavy (non-hydrogen) atoms. The van der Waals surface area contributed by atoms with Crippen molar-refractivity contribution in [1.82, 2.24) is 0 Å². The molecule has 1 aromatic rings. The average Bonchev–Trinajstić information content (AvgIpc) is 2.15. The second-order valence-corrected chi connectivity index (χ2v) is 2.62. The van der Waals surface area contributed by atoms with Crippen LogP contribution in [-0.4, -0.2) is 19.6 Å². The Labute approximate surface area is 88.3 Å². The van der Waals surface area contributed by atoms with Gasteiger partial charge in [0.1, 0.15) is 11.5 Å². The van der Waals surface area contributed by atoms with Crippen molar-refractivity contribution in [2.24, 2.45) is 4.99 Å². The van der Waals surface area contributed by atoms with E-state index in [0.717, 1.165) is 12.1 Å². The molecule has 1 aromatic carbocycles. The van der Waals surface area contributed by atoms with Gasteiger partial charge in [0.2, 0.25) is 6.08 Å². The fourth-order valence-electron chi connectivity index (χ4n) is 0.984. The lowest BCUT2D eigenvalue weighted by Gasteiger charge is -2.10. The molecule has 0 bridgehead atoms. The van der Waals surface area contributed by atoms with E-state index < -0.39 is 12.1 Å². The maximum atomic E-state index is 11.9. The van der Waals surface area contributed by atoms with Gasteiger partial charge in [-0.05, 0) is 0 Å². The number of rotatable bonds is 3. The fourth-order valence-corrected chi connectivity index (χ4v) is 0.984. The summed E-state index contributed by atoms with van der Waals surface area (Å²) in [5.74, 6) is -0.420. The van der Waals surface area contributed by atoms with Crippen LogP contribution in [0.3, 0.4) is 0 Å². The molecule has 0 saturated heterocycles. The molecule has 0 heterocycles. The predicted molar refractivity (Wildman–Crippen MR) is 47.5 cm³/mol. The van der Waals surface area contributed by atoms with Gasteiger partial charge < -0.3 is 9.47 Å². The normalized spacial score (nSPS) is 10.5. The summed E-state index contributed by atoms with van der Waals surface area (Å²) in [7, 11) is 1.26. The molecule has 0 N–H and O–H groups in total. The Kier molecular flexibility index (Phi) is 3.52. The summed E-state index contributed by atoms with van der Waals surface area (Å²) in [6.45, 7) is 0. The first-order valence-corrected chi connectivity index (χ1v) is 3.97. The SMILES string of the molecule is COc1cc(N=C=O)cc(OC(F)(F)F)c1. The predicted octanol–water partition coefficient (Wildman–Crippen LogP) is 2.56. The van der Waals surface area contributed by atoms with Gasteiger partial charge in [-0.15, -0.1) is 13.2 Å². The number of carbonyl (C=O) groups excluding carboxylic acids is 1. The Morgan fingerprint density at radius 2 is 1.88 bits per heavy atom. The van der Waals surface area contributed by atoms with E-state index in [0.29, 0.717) is 0 Å². The molecule has 0 aliphatic carbocycles. The van der Waals surface area contributed by atoms with Crippen molar-refractivity contribution in [1.29, 1.82) is 0 Å². The van der Waals surface area contributed by atoms with E-state index in [1.165, 1.54) is 19.3 Å². The van der Waals surface area contributed by atoms with Gasteiger partial charge in [-0.3, -0.25) is 0 Å². The highest BCUT2D eigenvalue weighted by Gasteiger charge is 2.31. The molecule has 1 rings (SSSR count). The highest BCUT2D eigenvalue weighted by molar-refractivity contribution is 5.55. The van der Waals surface area contributed by atoms with Crippen molar-refractivity contribution >= 4 is 11.8 Å². The van der Waals surface area contributed by atoms with Crippen molar-refractivity contribution in [2.75, 3.05) is 7.11 Å². The topological polar surface area (TPSA) is 47.9 Å². The molecule has 0 unspecified atom stereocenters. The minimum atomic E-state index is -4.81. The minimum Gasteiger partial charge on any atom is -0.497 e. The van der Waals surface area contributed by atoms with Crippen molar-refractivity contribution in [3.8, 4) is 11.5 Å². The number of ether oxygens (including phenoxy) is 2. The number of alkyl halides is 3. The van der Waals surface area contributed by atoms with Gasteiger partial charge in [0, 0.05) is 18.2 Å². The third-order valence-corrected chi connectivity index (χ3v) is 1.51. The van der Waals surface area contributed by atoms with E-state index in [2.05, 4.69) is 9.73 Å². The van der Waals surface area contributed by atoms with Crippen LogP contribution in [0.15, 0.2) is 23.2 Å². The summed E-state index contributed by atoms with van der Waals surface area (Å²) in [4.78, 5) is 13.1. The van der Waals surface area contributed by atoms with Crippen LogP contribution in [0.1, 0.15) is 0 Å². The Hall–Kier alpha value is -2.01. The zero-order valence-electron chi connectivity index (χ0n) is 8.04. The molecule has 4 nitrogen and oxygen atoms in total. The Morgan fingerprint density at radius 1 is 1.25 bits per heavy atom. The molecular formula is C9H6F3NO3. The van der Waals surface area contributed by atoms with Crippen molar-refractivity contribution in [3.05, 3.63) is 18.2 Å². The third-order valence-electron chi connectivity index (χ3n) is 1.51. The van der Waals surface area contributed by atoms with Crippen LogP contribution in [0, 0.1) is 0 Å². The lowest BCUT2D eigenvalue weighted by molar-refractivity contribution is -0.274. The largest absolute Gasteiger partial charge is 0.573 e. The van der Waals surface area contributed by atoms with Gasteiger partial charge >= 0.3 is 6.36 Å². The lowest BCUT2D eigenvalue weighted by atomic mass is 10.3. The molecular weight excluding hydrogens is 227 g/mol. The quantitative estimate of drug-likeness (QED) is 0.595. The number of aliphatic imine (C=N–C) groups is 1. The fraction of sp³-hybridized carbons (Fsp3) is 0.222. The van der Waals surface area contributed by atoms with Gasteiger partial charge in [-0.1, -0.05) is 0 Å². The summed E-state index contributed by atoms with van der Waals surface area (Å²) in [6, 6.07) is 3.24. The molecule has 0 spiro atoms. The minimum absolute atomic E-state index is 0.0337. The first-order valence-electron chi connectivity index (χ1n) is 3.97. The molecule has 0 fully saturated rings. The second-order valence-electron chi connectivity index (χ2n) is 2.62. The Bertz CT molecular complexity index is 424. The van der Waals surface area contributed by atoms with Crippen LogP contribution >= 0.6 is 0 Å². The van der Waals surface area contributed by atoms with Crippen molar-refractivity contribution in [2.45, 2.75) is 6.36 Å². The van der Waals surface area contributed by atoms with Gasteiger partial charge in [0.15, 0.2) is 0 Å². The summed E-state index contributed by atoms with van der Waals surface area (Å²) in [5, 5.41) is 0. The van der Waals surface area contributed by atoms with Gasteiger partial charge in [-0.2, -0.15) is 4.99 Å². The number of hydrogen-bond acceptors (Lipinski definition) is 4. The van der Waals surface area contributed by atoms with E-state index in [-0.39, 0.29) is 11.4 Å². The summed E-state index contributed by atoms with van der Waals surface area (Å²) >= 11 is 0. The summed E-state index contributed by atoms with van der Waals surface area (Å²) in [6.07, 6.45) is -3.60.